The molecule has 0 aliphatic carbocycles. The smallest absolute Gasteiger partial charge is 0.132 e. The van der Waals surface area contributed by atoms with Gasteiger partial charge in [-0.05, 0) is 41.5 Å². The van der Waals surface area contributed by atoms with Gasteiger partial charge >= 0.3 is 0 Å². The van der Waals surface area contributed by atoms with E-state index in [0.29, 0.717) is 33.9 Å². The summed E-state index contributed by atoms with van der Waals surface area (Å²) in [6, 6.07) is 10.6. The largest absolute Gasteiger partial charge is 0.303 e. The summed E-state index contributed by atoms with van der Waals surface area (Å²) in [6.45, 7) is 0. The zero-order chi connectivity index (χ0) is 14.8. The highest BCUT2D eigenvalue weighted by Gasteiger charge is 2.15. The van der Waals surface area contributed by atoms with Crippen molar-refractivity contribution < 1.29 is 13.6 Å². The van der Waals surface area contributed by atoms with Crippen LogP contribution in [0.5, 0.6) is 0 Å². The Morgan fingerprint density at radius 2 is 1.95 bits per heavy atom. The summed E-state index contributed by atoms with van der Waals surface area (Å²) < 4.78 is 27.6. The SMILES string of the molecule is O=CCc1cc(F)c2cccnc2c1-c1cccc(F)c1. The van der Waals surface area contributed by atoms with Gasteiger partial charge in [0, 0.05) is 23.6 Å². The second-order valence-electron chi connectivity index (χ2n) is 4.67. The van der Waals surface area contributed by atoms with Crippen LogP contribution >= 0.6 is 0 Å². The molecule has 0 unspecified atom stereocenters. The van der Waals surface area contributed by atoms with Crippen LogP contribution in [0.4, 0.5) is 8.78 Å². The number of hydrogen-bond acceptors (Lipinski definition) is 2. The summed E-state index contributed by atoms with van der Waals surface area (Å²) in [5.74, 6) is -0.826. The van der Waals surface area contributed by atoms with Crippen LogP contribution < -0.4 is 0 Å². The van der Waals surface area contributed by atoms with E-state index in [9.17, 15) is 13.6 Å². The molecule has 0 radical (unpaired) electrons. The highest BCUT2D eigenvalue weighted by atomic mass is 19.1. The standard InChI is InChI=1S/C17H11F2NO/c18-13-4-1-3-11(9-13)16-12(6-8-21)10-15(19)14-5-2-7-20-17(14)16/h1-5,7-10H,6H2. The third-order valence-electron chi connectivity index (χ3n) is 3.34. The van der Waals surface area contributed by atoms with Gasteiger partial charge in [-0.1, -0.05) is 12.1 Å². The minimum atomic E-state index is -0.435. The Labute approximate surface area is 120 Å². The molecule has 1 heterocycles. The molecule has 0 bridgehead atoms. The summed E-state index contributed by atoms with van der Waals surface area (Å²) in [7, 11) is 0. The van der Waals surface area contributed by atoms with Crippen LogP contribution in [-0.4, -0.2) is 11.3 Å². The number of aldehydes is 1. The molecule has 0 fully saturated rings. The van der Waals surface area contributed by atoms with Gasteiger partial charge < -0.3 is 4.79 Å². The van der Waals surface area contributed by atoms with Crippen LogP contribution in [0.3, 0.4) is 0 Å². The number of aromatic nitrogens is 1. The van der Waals surface area contributed by atoms with Crippen molar-refractivity contribution in [1.82, 2.24) is 4.98 Å². The van der Waals surface area contributed by atoms with Crippen LogP contribution in [-0.2, 0) is 11.2 Å². The van der Waals surface area contributed by atoms with Gasteiger partial charge in [0.05, 0.1) is 5.52 Å². The molecule has 2 nitrogen and oxygen atoms in total. The maximum absolute atomic E-state index is 14.1. The van der Waals surface area contributed by atoms with Gasteiger partial charge in [0.2, 0.25) is 0 Å². The molecule has 4 heteroatoms. The highest BCUT2D eigenvalue weighted by molar-refractivity contribution is 5.96. The van der Waals surface area contributed by atoms with Crippen molar-refractivity contribution in [2.24, 2.45) is 0 Å². The molecule has 21 heavy (non-hydrogen) atoms. The first kappa shape index (κ1) is 13.4. The molecule has 2 aromatic carbocycles. The molecular formula is C17H11F2NO. The fourth-order valence-electron chi connectivity index (χ4n) is 2.47. The molecule has 1 aromatic heterocycles. The lowest BCUT2D eigenvalue weighted by Crippen LogP contribution is -1.97. The van der Waals surface area contributed by atoms with Gasteiger partial charge in [-0.2, -0.15) is 0 Å². The molecule has 3 rings (SSSR count). The Balaban J connectivity index is 2.40. The summed E-state index contributed by atoms with van der Waals surface area (Å²) >= 11 is 0. The zero-order valence-electron chi connectivity index (χ0n) is 11.0. The number of fused-ring (bicyclic) bond motifs is 1. The fourth-order valence-corrected chi connectivity index (χ4v) is 2.47. The van der Waals surface area contributed by atoms with Crippen molar-refractivity contribution in [3.8, 4) is 11.1 Å². The zero-order valence-corrected chi connectivity index (χ0v) is 11.0. The lowest BCUT2D eigenvalue weighted by Gasteiger charge is -2.12. The van der Waals surface area contributed by atoms with E-state index in [4.69, 9.17) is 0 Å². The first-order valence-corrected chi connectivity index (χ1v) is 6.46. The van der Waals surface area contributed by atoms with E-state index >= 15 is 0 Å². The number of nitrogens with zero attached hydrogens (tertiary/aromatic N) is 1. The van der Waals surface area contributed by atoms with Crippen molar-refractivity contribution in [3.05, 3.63) is 65.9 Å². The minimum Gasteiger partial charge on any atom is -0.303 e. The van der Waals surface area contributed by atoms with Crippen molar-refractivity contribution >= 4 is 17.2 Å². The predicted octanol–water partition coefficient (Wildman–Crippen LogP) is 3.92. The van der Waals surface area contributed by atoms with Gasteiger partial charge in [-0.3, -0.25) is 4.98 Å². The maximum atomic E-state index is 14.1. The van der Waals surface area contributed by atoms with Crippen molar-refractivity contribution in [3.63, 3.8) is 0 Å². The van der Waals surface area contributed by atoms with E-state index in [1.54, 1.807) is 30.5 Å². The molecular weight excluding hydrogens is 272 g/mol. The normalized spacial score (nSPS) is 10.8. The lowest BCUT2D eigenvalue weighted by atomic mass is 9.94. The number of pyridine rings is 1. The Morgan fingerprint density at radius 3 is 2.71 bits per heavy atom. The number of hydrogen-bond donors (Lipinski definition) is 0. The number of halogens is 2. The van der Waals surface area contributed by atoms with Gasteiger partial charge in [0.25, 0.3) is 0 Å². The van der Waals surface area contributed by atoms with E-state index < -0.39 is 11.6 Å². The Bertz CT molecular complexity index is 830. The molecule has 0 saturated heterocycles. The summed E-state index contributed by atoms with van der Waals surface area (Å²) in [6.07, 6.45) is 2.30. The number of carbonyl (C=O) groups is 1. The summed E-state index contributed by atoms with van der Waals surface area (Å²) in [4.78, 5) is 15.1. The number of benzene rings is 2. The van der Waals surface area contributed by atoms with Gasteiger partial charge in [-0.15, -0.1) is 0 Å². The quantitative estimate of drug-likeness (QED) is 0.682. The summed E-state index contributed by atoms with van der Waals surface area (Å²) in [5.41, 5.74) is 2.11. The first-order valence-electron chi connectivity index (χ1n) is 6.46. The van der Waals surface area contributed by atoms with Crippen LogP contribution in [0, 0.1) is 11.6 Å². The van der Waals surface area contributed by atoms with Crippen molar-refractivity contribution in [2.75, 3.05) is 0 Å². The van der Waals surface area contributed by atoms with E-state index in [1.165, 1.54) is 18.2 Å². The van der Waals surface area contributed by atoms with E-state index in [1.807, 2.05) is 0 Å². The monoisotopic (exact) mass is 283 g/mol. The van der Waals surface area contributed by atoms with Crippen molar-refractivity contribution in [1.29, 1.82) is 0 Å². The Hall–Kier alpha value is -2.62. The van der Waals surface area contributed by atoms with Crippen LogP contribution in [0.2, 0.25) is 0 Å². The van der Waals surface area contributed by atoms with Gasteiger partial charge in [0.1, 0.15) is 17.9 Å². The first-order chi connectivity index (χ1) is 10.2. The Morgan fingerprint density at radius 1 is 1.10 bits per heavy atom. The third kappa shape index (κ3) is 2.40. The summed E-state index contributed by atoms with van der Waals surface area (Å²) in [5, 5.41) is 0.353. The van der Waals surface area contributed by atoms with Crippen LogP contribution in [0.1, 0.15) is 5.56 Å². The molecule has 3 aromatic rings. The van der Waals surface area contributed by atoms with Crippen LogP contribution in [0.25, 0.3) is 22.0 Å². The van der Waals surface area contributed by atoms with E-state index in [0.717, 1.165) is 0 Å². The second kappa shape index (κ2) is 5.40. The van der Waals surface area contributed by atoms with Crippen LogP contribution in [0.15, 0.2) is 48.7 Å². The Kier molecular flexibility index (Phi) is 3.44. The third-order valence-corrected chi connectivity index (χ3v) is 3.34. The average molecular weight is 283 g/mol. The second-order valence-corrected chi connectivity index (χ2v) is 4.67. The molecule has 0 amide bonds. The van der Waals surface area contributed by atoms with Gasteiger partial charge in [-0.25, -0.2) is 8.78 Å². The topological polar surface area (TPSA) is 30.0 Å². The number of rotatable bonds is 3. The van der Waals surface area contributed by atoms with E-state index in [-0.39, 0.29) is 6.42 Å². The molecule has 104 valence electrons. The maximum Gasteiger partial charge on any atom is 0.132 e. The van der Waals surface area contributed by atoms with E-state index in [2.05, 4.69) is 4.98 Å². The lowest BCUT2D eigenvalue weighted by molar-refractivity contribution is -0.107. The van der Waals surface area contributed by atoms with Gasteiger partial charge in [0.15, 0.2) is 0 Å². The molecule has 0 N–H and O–H groups in total. The minimum absolute atomic E-state index is 0.0509. The number of carbonyl (C=O) groups excluding carboxylic acids is 1. The fraction of sp³-hybridized carbons (Fsp3) is 0.0588. The predicted molar refractivity (Wildman–Crippen MR) is 76.9 cm³/mol. The molecule has 0 aliphatic heterocycles. The highest BCUT2D eigenvalue weighted by Crippen LogP contribution is 2.33. The van der Waals surface area contributed by atoms with Crippen molar-refractivity contribution in [2.45, 2.75) is 6.42 Å². The average Bonchev–Trinajstić information content (AvgIpc) is 2.48. The molecule has 0 aliphatic rings. The molecule has 0 atom stereocenters. The molecule has 0 spiro atoms. The molecule has 0 saturated carbocycles.